The quantitative estimate of drug-likeness (QED) is 0.262. The first-order chi connectivity index (χ1) is 18.3. The van der Waals surface area contributed by atoms with Crippen LogP contribution in [0, 0.1) is 46.3 Å². The molecule has 0 spiro atoms. The molecule has 1 aromatic carbocycles. The van der Waals surface area contributed by atoms with Crippen LogP contribution in [0.3, 0.4) is 0 Å². The first kappa shape index (κ1) is 28.0. The van der Waals surface area contributed by atoms with Gasteiger partial charge < -0.3 is 20.5 Å². The monoisotopic (exact) mass is 524 g/mol. The van der Waals surface area contributed by atoms with Gasteiger partial charge in [0.1, 0.15) is 0 Å². The summed E-state index contributed by atoms with van der Waals surface area (Å²) in [4.78, 5) is 11.8. The van der Waals surface area contributed by atoms with Crippen molar-refractivity contribution in [3.8, 4) is 0 Å². The number of hydrogen-bond donors (Lipinski definition) is 3. The van der Waals surface area contributed by atoms with Gasteiger partial charge in [0, 0.05) is 31.2 Å². The van der Waals surface area contributed by atoms with Crippen LogP contribution in [0.2, 0.25) is 0 Å². The van der Waals surface area contributed by atoms with Crippen LogP contribution in [0.4, 0.5) is 5.69 Å². The van der Waals surface area contributed by atoms with Crippen molar-refractivity contribution in [1.82, 2.24) is 5.32 Å². The molecule has 212 valence electrons. The minimum atomic E-state index is -0.225. The molecule has 4 aliphatic carbocycles. The number of methoxy groups -OCH3 is 1. The number of ether oxygens (including phenoxy) is 1. The molecule has 10 unspecified atom stereocenters. The Labute approximate surface area is 230 Å². The van der Waals surface area contributed by atoms with E-state index in [-0.39, 0.29) is 17.5 Å². The lowest BCUT2D eigenvalue weighted by Crippen LogP contribution is -2.59. The van der Waals surface area contributed by atoms with Gasteiger partial charge in [-0.2, -0.15) is 0 Å². The fraction of sp³-hybridized carbons (Fsp3) is 0.788. The molecule has 0 aliphatic heterocycles. The minimum Gasteiger partial charge on any atom is -0.469 e. The molecule has 3 N–H and O–H groups in total. The number of nitrogens with one attached hydrogen (secondary N) is 2. The third-order valence-electron chi connectivity index (χ3n) is 12.2. The standard InChI is InChI=1S/C33H52N2O3/c1-22(10-15-31(37)38-4)27-13-14-28-26-12-11-23-20-25(35-19-18-34-24-8-6-5-7-9-24)16-17-32(23,2)29(26)21-30(36)33(27,28)3/h5-9,22-23,25-30,34-36H,10-21H2,1-4H3. The molecule has 5 nitrogen and oxygen atoms in total. The molecule has 38 heavy (non-hydrogen) atoms. The lowest BCUT2D eigenvalue weighted by atomic mass is 9.43. The second-order valence-corrected chi connectivity index (χ2v) is 13.8. The van der Waals surface area contributed by atoms with Crippen molar-refractivity contribution in [3.05, 3.63) is 30.3 Å². The van der Waals surface area contributed by atoms with E-state index in [0.717, 1.165) is 37.8 Å². The fourth-order valence-corrected chi connectivity index (χ4v) is 10.1. The van der Waals surface area contributed by atoms with E-state index in [0.29, 0.717) is 41.5 Å². The van der Waals surface area contributed by atoms with Gasteiger partial charge in [0.2, 0.25) is 0 Å². The summed E-state index contributed by atoms with van der Waals surface area (Å²) >= 11 is 0. The number of hydrogen-bond acceptors (Lipinski definition) is 5. The largest absolute Gasteiger partial charge is 0.469 e. The number of fused-ring (bicyclic) bond motifs is 5. The molecule has 5 heteroatoms. The maximum atomic E-state index is 11.8. The van der Waals surface area contributed by atoms with Crippen molar-refractivity contribution >= 4 is 11.7 Å². The number of carbonyl (C=O) groups is 1. The number of rotatable bonds is 9. The van der Waals surface area contributed by atoms with Gasteiger partial charge >= 0.3 is 5.97 Å². The van der Waals surface area contributed by atoms with Gasteiger partial charge in [0.05, 0.1) is 13.2 Å². The van der Waals surface area contributed by atoms with Gasteiger partial charge in [-0.05, 0) is 116 Å². The van der Waals surface area contributed by atoms with Crippen molar-refractivity contribution in [3.63, 3.8) is 0 Å². The first-order valence-electron chi connectivity index (χ1n) is 15.5. The summed E-state index contributed by atoms with van der Waals surface area (Å²) < 4.78 is 4.91. The molecule has 5 rings (SSSR count). The zero-order valence-corrected chi connectivity index (χ0v) is 24.3. The molecule has 0 heterocycles. The van der Waals surface area contributed by atoms with Gasteiger partial charge in [0.15, 0.2) is 0 Å². The maximum Gasteiger partial charge on any atom is 0.305 e. The molecule has 0 saturated heterocycles. The van der Waals surface area contributed by atoms with Crippen LogP contribution >= 0.6 is 0 Å². The second kappa shape index (κ2) is 11.5. The molecule has 0 aromatic heterocycles. The zero-order chi connectivity index (χ0) is 26.9. The Morgan fingerprint density at radius 3 is 2.61 bits per heavy atom. The van der Waals surface area contributed by atoms with Gasteiger partial charge in [-0.1, -0.05) is 39.0 Å². The molecule has 10 atom stereocenters. The SMILES string of the molecule is COC(=O)CCC(C)C1CCC2C3CCC4CC(NCCNc5ccccc5)CCC4(C)C3CC(O)C12C. The average molecular weight is 525 g/mol. The normalized spacial score (nSPS) is 40.9. The predicted molar refractivity (Wildman–Crippen MR) is 154 cm³/mol. The summed E-state index contributed by atoms with van der Waals surface area (Å²) in [7, 11) is 1.48. The van der Waals surface area contributed by atoms with Crippen LogP contribution in [-0.4, -0.2) is 43.4 Å². The molecule has 0 radical (unpaired) electrons. The van der Waals surface area contributed by atoms with Crippen molar-refractivity contribution in [2.45, 2.75) is 97.1 Å². The molecule has 0 amide bonds. The Morgan fingerprint density at radius 1 is 1.05 bits per heavy atom. The van der Waals surface area contributed by atoms with Crippen molar-refractivity contribution in [2.24, 2.45) is 46.3 Å². The van der Waals surface area contributed by atoms with E-state index in [9.17, 15) is 9.90 Å². The Balaban J connectivity index is 1.19. The van der Waals surface area contributed by atoms with E-state index >= 15 is 0 Å². The minimum absolute atomic E-state index is 0.00951. The Kier molecular flexibility index (Phi) is 8.45. The average Bonchev–Trinajstić information content (AvgIpc) is 3.29. The highest BCUT2D eigenvalue weighted by Crippen LogP contribution is 2.68. The van der Waals surface area contributed by atoms with Crippen LogP contribution in [0.15, 0.2) is 30.3 Å². The second-order valence-electron chi connectivity index (χ2n) is 13.8. The number of para-hydroxylation sites is 1. The van der Waals surface area contributed by atoms with Crippen molar-refractivity contribution < 1.29 is 14.6 Å². The molecule has 0 bridgehead atoms. The highest BCUT2D eigenvalue weighted by molar-refractivity contribution is 5.69. The number of benzene rings is 1. The Morgan fingerprint density at radius 2 is 1.84 bits per heavy atom. The Hall–Kier alpha value is -1.59. The number of aliphatic hydroxyl groups is 1. The summed E-state index contributed by atoms with van der Waals surface area (Å²) in [5.41, 5.74) is 1.55. The molecule has 4 aliphatic rings. The summed E-state index contributed by atoms with van der Waals surface area (Å²) in [6.07, 6.45) is 11.1. The lowest BCUT2D eigenvalue weighted by Gasteiger charge is -2.62. The van der Waals surface area contributed by atoms with Crippen LogP contribution in [-0.2, 0) is 9.53 Å². The van der Waals surface area contributed by atoms with Gasteiger partial charge in [-0.15, -0.1) is 0 Å². The Bertz CT molecular complexity index is 939. The number of aliphatic hydroxyl groups excluding tert-OH is 1. The molecule has 4 saturated carbocycles. The van der Waals surface area contributed by atoms with Crippen LogP contribution in [0.1, 0.15) is 85.0 Å². The first-order valence-corrected chi connectivity index (χ1v) is 15.5. The summed E-state index contributed by atoms with van der Waals surface area (Å²) in [5.74, 6) is 3.64. The lowest BCUT2D eigenvalue weighted by molar-refractivity contribution is -0.170. The van der Waals surface area contributed by atoms with Gasteiger partial charge in [0.25, 0.3) is 0 Å². The summed E-state index contributed by atoms with van der Waals surface area (Å²) in [5, 5.41) is 19.2. The maximum absolute atomic E-state index is 11.8. The van der Waals surface area contributed by atoms with E-state index < -0.39 is 0 Å². The van der Waals surface area contributed by atoms with Crippen LogP contribution in [0.25, 0.3) is 0 Å². The fourth-order valence-electron chi connectivity index (χ4n) is 10.1. The van der Waals surface area contributed by atoms with Gasteiger partial charge in [-0.25, -0.2) is 0 Å². The van der Waals surface area contributed by atoms with Crippen molar-refractivity contribution in [2.75, 3.05) is 25.5 Å². The molecular formula is C33H52N2O3. The predicted octanol–water partition coefficient (Wildman–Crippen LogP) is 6.28. The number of carbonyl (C=O) groups excluding carboxylic acids is 1. The molecular weight excluding hydrogens is 472 g/mol. The van der Waals surface area contributed by atoms with E-state index in [2.05, 4.69) is 61.7 Å². The number of anilines is 1. The summed E-state index contributed by atoms with van der Waals surface area (Å²) in [6.45, 7) is 9.26. The highest BCUT2D eigenvalue weighted by Gasteiger charge is 2.63. The number of esters is 1. The van der Waals surface area contributed by atoms with E-state index in [4.69, 9.17) is 4.74 Å². The third kappa shape index (κ3) is 5.14. The summed E-state index contributed by atoms with van der Waals surface area (Å²) in [6, 6.07) is 11.1. The zero-order valence-electron chi connectivity index (χ0n) is 24.3. The van der Waals surface area contributed by atoms with E-state index in [1.807, 2.05) is 0 Å². The van der Waals surface area contributed by atoms with Crippen molar-refractivity contribution in [1.29, 1.82) is 0 Å². The smallest absolute Gasteiger partial charge is 0.305 e. The topological polar surface area (TPSA) is 70.6 Å². The van der Waals surface area contributed by atoms with E-state index in [1.54, 1.807) is 0 Å². The highest BCUT2D eigenvalue weighted by atomic mass is 16.5. The van der Waals surface area contributed by atoms with E-state index in [1.165, 1.54) is 57.7 Å². The molecule has 1 aromatic rings. The van der Waals surface area contributed by atoms with Gasteiger partial charge in [-0.3, -0.25) is 4.79 Å². The third-order valence-corrected chi connectivity index (χ3v) is 12.2. The van der Waals surface area contributed by atoms with Crippen LogP contribution < -0.4 is 10.6 Å². The van der Waals surface area contributed by atoms with Crippen LogP contribution in [0.5, 0.6) is 0 Å². The molecule has 4 fully saturated rings.